The van der Waals surface area contributed by atoms with Crippen LogP contribution < -0.4 is 0 Å². The van der Waals surface area contributed by atoms with Crippen LogP contribution in [0, 0.1) is 0 Å². The SMILES string of the molecule is CC(O)(O)C(O)(O)Cl. The van der Waals surface area contributed by atoms with E-state index in [1.165, 1.54) is 0 Å². The summed E-state index contributed by atoms with van der Waals surface area (Å²) in [5.74, 6) is -2.69. The van der Waals surface area contributed by atoms with E-state index >= 15 is 0 Å². The quantitative estimate of drug-likeness (QED) is 0.267. The summed E-state index contributed by atoms with van der Waals surface area (Å²) in [5.41, 5.74) is 0. The Labute approximate surface area is 50.9 Å². The summed E-state index contributed by atoms with van der Waals surface area (Å²) < 4.78 is 0. The fourth-order valence-electron chi connectivity index (χ4n) is 0. The molecule has 0 bridgehead atoms. The largest absolute Gasteiger partial charge is 0.361 e. The van der Waals surface area contributed by atoms with Crippen LogP contribution in [0.15, 0.2) is 0 Å². The van der Waals surface area contributed by atoms with Gasteiger partial charge in [0.05, 0.1) is 0 Å². The fraction of sp³-hybridized carbons (Fsp3) is 1.00. The fourth-order valence-corrected chi connectivity index (χ4v) is 0. The van der Waals surface area contributed by atoms with E-state index in [9.17, 15) is 0 Å². The van der Waals surface area contributed by atoms with E-state index in [1.54, 1.807) is 0 Å². The Kier molecular flexibility index (Phi) is 1.85. The zero-order chi connectivity index (χ0) is 7.00. The van der Waals surface area contributed by atoms with Crippen LogP contribution in [0.3, 0.4) is 0 Å². The molecule has 50 valence electrons. The van der Waals surface area contributed by atoms with E-state index in [1.807, 2.05) is 0 Å². The topological polar surface area (TPSA) is 80.9 Å². The zero-order valence-corrected chi connectivity index (χ0v) is 4.92. The van der Waals surface area contributed by atoms with Crippen LogP contribution in [-0.2, 0) is 0 Å². The second-order valence-electron chi connectivity index (χ2n) is 1.61. The van der Waals surface area contributed by atoms with Crippen LogP contribution in [0.1, 0.15) is 6.92 Å². The van der Waals surface area contributed by atoms with Gasteiger partial charge < -0.3 is 20.4 Å². The molecule has 0 spiro atoms. The predicted molar refractivity (Wildman–Crippen MR) is 25.9 cm³/mol. The molecule has 4 nitrogen and oxygen atoms in total. The second kappa shape index (κ2) is 1.82. The van der Waals surface area contributed by atoms with Crippen molar-refractivity contribution in [3.8, 4) is 0 Å². The molecular weight excluding hydrogens is 135 g/mol. The van der Waals surface area contributed by atoms with Crippen molar-refractivity contribution in [2.24, 2.45) is 0 Å². The van der Waals surface area contributed by atoms with E-state index in [4.69, 9.17) is 20.4 Å². The average Bonchev–Trinajstić information content (AvgIpc) is 1.25. The van der Waals surface area contributed by atoms with Gasteiger partial charge in [0.15, 0.2) is 0 Å². The summed E-state index contributed by atoms with van der Waals surface area (Å²) in [6.07, 6.45) is 0. The average molecular weight is 143 g/mol. The van der Waals surface area contributed by atoms with E-state index < -0.39 is 11.0 Å². The predicted octanol–water partition coefficient (Wildman–Crippen LogP) is -1.44. The first-order valence-corrected chi connectivity index (χ1v) is 2.21. The van der Waals surface area contributed by atoms with Crippen molar-refractivity contribution in [2.45, 2.75) is 18.0 Å². The molecule has 5 heteroatoms. The molecule has 0 radical (unpaired) electrons. The van der Waals surface area contributed by atoms with Crippen LogP contribution in [0.5, 0.6) is 0 Å². The summed E-state index contributed by atoms with van der Waals surface area (Å²) in [6, 6.07) is 0. The van der Waals surface area contributed by atoms with Gasteiger partial charge in [0.25, 0.3) is 5.25 Å². The van der Waals surface area contributed by atoms with Gasteiger partial charge in [0, 0.05) is 0 Å². The molecule has 0 saturated heterocycles. The van der Waals surface area contributed by atoms with Crippen molar-refractivity contribution in [3.63, 3.8) is 0 Å². The molecule has 0 aromatic heterocycles. The number of halogens is 1. The molecule has 0 unspecified atom stereocenters. The zero-order valence-electron chi connectivity index (χ0n) is 4.17. The van der Waals surface area contributed by atoms with Crippen molar-refractivity contribution in [3.05, 3.63) is 0 Å². The third kappa shape index (κ3) is 1.94. The smallest absolute Gasteiger partial charge is 0.299 e. The minimum absolute atomic E-state index is 0.750. The molecule has 8 heavy (non-hydrogen) atoms. The lowest BCUT2D eigenvalue weighted by Gasteiger charge is -2.24. The van der Waals surface area contributed by atoms with Crippen molar-refractivity contribution in [1.82, 2.24) is 0 Å². The van der Waals surface area contributed by atoms with Crippen molar-refractivity contribution >= 4 is 11.6 Å². The van der Waals surface area contributed by atoms with Gasteiger partial charge >= 0.3 is 0 Å². The number of rotatable bonds is 1. The highest BCUT2D eigenvalue weighted by atomic mass is 35.5. The number of alkyl halides is 1. The van der Waals surface area contributed by atoms with Gasteiger partial charge in [0.1, 0.15) is 0 Å². The van der Waals surface area contributed by atoms with Crippen LogP contribution in [0.4, 0.5) is 0 Å². The monoisotopic (exact) mass is 142 g/mol. The first-order chi connectivity index (χ1) is 3.25. The summed E-state index contributed by atoms with van der Waals surface area (Å²) >= 11 is 4.62. The first-order valence-electron chi connectivity index (χ1n) is 1.83. The Balaban J connectivity index is 4.02. The summed E-state index contributed by atoms with van der Waals surface area (Å²) in [6.45, 7) is 0.750. The van der Waals surface area contributed by atoms with E-state index in [-0.39, 0.29) is 0 Å². The molecule has 0 aliphatic rings. The number of hydrogen-bond donors (Lipinski definition) is 4. The number of hydrogen-bond acceptors (Lipinski definition) is 4. The molecule has 0 aromatic rings. The molecular formula is C3H7ClO4. The Morgan fingerprint density at radius 2 is 1.25 bits per heavy atom. The highest BCUT2D eigenvalue weighted by molar-refractivity contribution is 6.22. The van der Waals surface area contributed by atoms with Crippen molar-refractivity contribution < 1.29 is 20.4 Å². The molecule has 0 heterocycles. The molecule has 0 aromatic carbocycles. The van der Waals surface area contributed by atoms with Gasteiger partial charge in [-0.2, -0.15) is 0 Å². The van der Waals surface area contributed by atoms with E-state index in [0.717, 1.165) is 6.92 Å². The van der Waals surface area contributed by atoms with Crippen LogP contribution >= 0.6 is 11.6 Å². The van der Waals surface area contributed by atoms with Gasteiger partial charge in [-0.05, 0) is 6.92 Å². The van der Waals surface area contributed by atoms with E-state index in [0.29, 0.717) is 0 Å². The third-order valence-electron chi connectivity index (χ3n) is 0.603. The molecule has 0 aliphatic heterocycles. The van der Waals surface area contributed by atoms with Gasteiger partial charge in [-0.3, -0.25) is 0 Å². The number of aliphatic hydroxyl groups is 4. The van der Waals surface area contributed by atoms with Crippen LogP contribution in [0.25, 0.3) is 0 Å². The minimum Gasteiger partial charge on any atom is -0.361 e. The van der Waals surface area contributed by atoms with Gasteiger partial charge in [0.2, 0.25) is 5.79 Å². The summed E-state index contributed by atoms with van der Waals surface area (Å²) in [5, 5.41) is 29.9. The summed E-state index contributed by atoms with van der Waals surface area (Å²) in [7, 11) is 0. The maximum atomic E-state index is 8.28. The van der Waals surface area contributed by atoms with Crippen LogP contribution in [-0.4, -0.2) is 31.5 Å². The lowest BCUT2D eigenvalue weighted by atomic mass is 10.3. The molecule has 0 saturated carbocycles. The Morgan fingerprint density at radius 3 is 1.25 bits per heavy atom. The highest BCUT2D eigenvalue weighted by Gasteiger charge is 2.41. The van der Waals surface area contributed by atoms with Gasteiger partial charge in [-0.15, -0.1) is 0 Å². The third-order valence-corrected chi connectivity index (χ3v) is 0.961. The Hall–Kier alpha value is 0.130. The molecule has 4 N–H and O–H groups in total. The molecule has 0 fully saturated rings. The lowest BCUT2D eigenvalue weighted by molar-refractivity contribution is -0.304. The maximum absolute atomic E-state index is 8.28. The van der Waals surface area contributed by atoms with E-state index in [2.05, 4.69) is 11.6 Å². The standard InChI is InChI=1S/C3H7ClO4/c1-2(5,6)3(4,7)8/h5-8H,1H3. The minimum atomic E-state index is -2.98. The molecule has 0 rings (SSSR count). The Bertz CT molecular complexity index is 66.3. The highest BCUT2D eigenvalue weighted by Crippen LogP contribution is 2.19. The lowest BCUT2D eigenvalue weighted by Crippen LogP contribution is -2.47. The second-order valence-corrected chi connectivity index (χ2v) is 2.13. The summed E-state index contributed by atoms with van der Waals surface area (Å²) in [4.78, 5) is 0. The van der Waals surface area contributed by atoms with Crippen LogP contribution in [0.2, 0.25) is 0 Å². The normalized spacial score (nSPS) is 14.2. The van der Waals surface area contributed by atoms with Gasteiger partial charge in [-0.25, -0.2) is 0 Å². The molecule has 0 aliphatic carbocycles. The van der Waals surface area contributed by atoms with Crippen molar-refractivity contribution in [2.75, 3.05) is 0 Å². The van der Waals surface area contributed by atoms with Crippen molar-refractivity contribution in [1.29, 1.82) is 0 Å². The van der Waals surface area contributed by atoms with Gasteiger partial charge in [-0.1, -0.05) is 11.6 Å². The molecule has 0 atom stereocenters. The first kappa shape index (κ1) is 8.13. The Morgan fingerprint density at radius 1 is 1.12 bits per heavy atom. The maximum Gasteiger partial charge on any atom is 0.299 e. The molecule has 0 amide bonds.